The monoisotopic (exact) mass is 273 g/mol. The molecule has 1 aromatic rings. The lowest BCUT2D eigenvalue weighted by Crippen LogP contribution is -2.54. The summed E-state index contributed by atoms with van der Waals surface area (Å²) >= 11 is 0. The minimum Gasteiger partial charge on any atom is -0.397 e. The van der Waals surface area contributed by atoms with Crippen molar-refractivity contribution in [2.45, 2.75) is 32.1 Å². The molecule has 0 saturated carbocycles. The smallest absolute Gasteiger partial charge is 0.397 e. The summed E-state index contributed by atoms with van der Waals surface area (Å²) in [6.45, 7) is 5.56. The van der Waals surface area contributed by atoms with E-state index < -0.39 is 11.7 Å². The van der Waals surface area contributed by atoms with Crippen LogP contribution in [0.5, 0.6) is 0 Å². The fourth-order valence-electron chi connectivity index (χ4n) is 2.54. The molecule has 0 spiro atoms. The van der Waals surface area contributed by atoms with Crippen LogP contribution in [0, 0.1) is 0 Å². The van der Waals surface area contributed by atoms with E-state index in [0.29, 0.717) is 5.69 Å². The Morgan fingerprint density at radius 1 is 1.21 bits per heavy atom. The first kappa shape index (κ1) is 14.0. The second-order valence-corrected chi connectivity index (χ2v) is 5.15. The average Bonchev–Trinajstić information content (AvgIpc) is 2.26. The Morgan fingerprint density at radius 3 is 2.26 bits per heavy atom. The lowest BCUT2D eigenvalue weighted by Gasteiger charge is -2.38. The third-order valence-electron chi connectivity index (χ3n) is 3.25. The fourth-order valence-corrected chi connectivity index (χ4v) is 2.54. The molecule has 2 atom stereocenters. The van der Waals surface area contributed by atoms with Gasteiger partial charge in [-0.2, -0.15) is 13.2 Å². The second kappa shape index (κ2) is 4.92. The van der Waals surface area contributed by atoms with E-state index >= 15 is 0 Å². The molecule has 1 fully saturated rings. The van der Waals surface area contributed by atoms with Crippen LogP contribution in [0.3, 0.4) is 0 Å². The summed E-state index contributed by atoms with van der Waals surface area (Å²) in [5.74, 6) is 0. The number of nitrogens with zero attached hydrogens (tertiary/aromatic N) is 1. The van der Waals surface area contributed by atoms with Gasteiger partial charge in [-0.3, -0.25) is 0 Å². The summed E-state index contributed by atoms with van der Waals surface area (Å²) in [6.07, 6.45) is -4.35. The molecule has 0 unspecified atom stereocenters. The van der Waals surface area contributed by atoms with Crippen LogP contribution in [0.15, 0.2) is 18.2 Å². The predicted octanol–water partition coefficient (Wildman–Crippen LogP) is 2.47. The highest BCUT2D eigenvalue weighted by Crippen LogP contribution is 2.34. The molecule has 1 heterocycles. The van der Waals surface area contributed by atoms with Gasteiger partial charge in [0.05, 0.1) is 16.9 Å². The van der Waals surface area contributed by atoms with Crippen molar-refractivity contribution in [1.82, 2.24) is 5.32 Å². The molecule has 6 heteroatoms. The molecular weight excluding hydrogens is 255 g/mol. The number of halogens is 3. The molecule has 1 aliphatic heterocycles. The molecule has 0 amide bonds. The van der Waals surface area contributed by atoms with Crippen molar-refractivity contribution >= 4 is 11.4 Å². The zero-order valence-corrected chi connectivity index (χ0v) is 11.0. The first-order valence-corrected chi connectivity index (χ1v) is 6.25. The number of benzene rings is 1. The minimum atomic E-state index is -4.35. The number of hydrogen-bond donors (Lipinski definition) is 2. The van der Waals surface area contributed by atoms with Crippen LogP contribution >= 0.6 is 0 Å². The van der Waals surface area contributed by atoms with E-state index in [9.17, 15) is 13.2 Å². The number of rotatable bonds is 1. The number of nitrogens with one attached hydrogen (secondary N) is 1. The fraction of sp³-hybridized carbons (Fsp3) is 0.538. The molecule has 0 bridgehead atoms. The van der Waals surface area contributed by atoms with Gasteiger partial charge in [0.15, 0.2) is 0 Å². The molecule has 0 aliphatic carbocycles. The van der Waals surface area contributed by atoms with Gasteiger partial charge in [-0.1, -0.05) is 0 Å². The summed E-state index contributed by atoms with van der Waals surface area (Å²) in [7, 11) is 0. The second-order valence-electron chi connectivity index (χ2n) is 5.15. The SMILES string of the molecule is C[C@@H]1CN(c2ccc(C(F)(F)F)cc2N)C[C@@H](C)N1. The largest absolute Gasteiger partial charge is 0.416 e. The lowest BCUT2D eigenvalue weighted by molar-refractivity contribution is -0.137. The summed E-state index contributed by atoms with van der Waals surface area (Å²) in [5, 5.41) is 3.37. The van der Waals surface area contributed by atoms with Crippen molar-refractivity contribution in [3.63, 3.8) is 0 Å². The molecular formula is C13H18F3N3. The van der Waals surface area contributed by atoms with Gasteiger partial charge in [0.25, 0.3) is 0 Å². The van der Waals surface area contributed by atoms with Gasteiger partial charge in [-0.25, -0.2) is 0 Å². The summed E-state index contributed by atoms with van der Waals surface area (Å²) in [6, 6.07) is 4.12. The highest BCUT2D eigenvalue weighted by atomic mass is 19.4. The average molecular weight is 273 g/mol. The van der Waals surface area contributed by atoms with Crippen molar-refractivity contribution in [3.8, 4) is 0 Å². The molecule has 1 aliphatic rings. The van der Waals surface area contributed by atoms with E-state index in [2.05, 4.69) is 5.32 Å². The highest BCUT2D eigenvalue weighted by molar-refractivity contribution is 5.69. The number of alkyl halides is 3. The van der Waals surface area contributed by atoms with E-state index in [-0.39, 0.29) is 17.8 Å². The van der Waals surface area contributed by atoms with Crippen molar-refractivity contribution in [3.05, 3.63) is 23.8 Å². The van der Waals surface area contributed by atoms with E-state index in [0.717, 1.165) is 25.2 Å². The highest BCUT2D eigenvalue weighted by Gasteiger charge is 2.31. The van der Waals surface area contributed by atoms with Crippen molar-refractivity contribution in [1.29, 1.82) is 0 Å². The van der Waals surface area contributed by atoms with Crippen LogP contribution in [0.1, 0.15) is 19.4 Å². The molecule has 0 radical (unpaired) electrons. The normalized spacial score (nSPS) is 24.6. The maximum atomic E-state index is 12.6. The Kier molecular flexibility index (Phi) is 3.62. The number of hydrogen-bond acceptors (Lipinski definition) is 3. The molecule has 106 valence electrons. The standard InChI is InChI=1S/C13H18F3N3/c1-8-6-19(7-9(2)18-8)12-4-3-10(5-11(12)17)13(14,15)16/h3-5,8-9,18H,6-7,17H2,1-2H3/t8-,9-/m1/s1. The molecule has 1 saturated heterocycles. The zero-order chi connectivity index (χ0) is 14.2. The zero-order valence-electron chi connectivity index (χ0n) is 11.0. The first-order chi connectivity index (χ1) is 8.77. The topological polar surface area (TPSA) is 41.3 Å². The van der Waals surface area contributed by atoms with Gasteiger partial charge >= 0.3 is 6.18 Å². The molecule has 1 aromatic carbocycles. The van der Waals surface area contributed by atoms with Gasteiger partial charge < -0.3 is 16.0 Å². The first-order valence-electron chi connectivity index (χ1n) is 6.25. The van der Waals surface area contributed by atoms with Crippen LogP contribution in [-0.2, 0) is 6.18 Å². The van der Waals surface area contributed by atoms with Crippen molar-refractivity contribution in [2.24, 2.45) is 0 Å². The lowest BCUT2D eigenvalue weighted by atomic mass is 10.1. The Labute approximate surface area is 110 Å². The quantitative estimate of drug-likeness (QED) is 0.772. The maximum absolute atomic E-state index is 12.6. The third-order valence-corrected chi connectivity index (χ3v) is 3.25. The number of nitrogen functional groups attached to an aromatic ring is 1. The van der Waals surface area contributed by atoms with Crippen LogP contribution in [0.25, 0.3) is 0 Å². The van der Waals surface area contributed by atoms with Crippen LogP contribution in [-0.4, -0.2) is 25.2 Å². The van der Waals surface area contributed by atoms with Crippen molar-refractivity contribution < 1.29 is 13.2 Å². The van der Waals surface area contributed by atoms with Crippen LogP contribution < -0.4 is 16.0 Å². The maximum Gasteiger partial charge on any atom is 0.416 e. The molecule has 2 rings (SSSR count). The Balaban J connectivity index is 2.26. The molecule has 0 aromatic heterocycles. The Morgan fingerprint density at radius 2 is 1.79 bits per heavy atom. The van der Waals surface area contributed by atoms with E-state index in [1.165, 1.54) is 6.07 Å². The van der Waals surface area contributed by atoms with Crippen molar-refractivity contribution in [2.75, 3.05) is 23.7 Å². The summed E-state index contributed by atoms with van der Waals surface area (Å²) < 4.78 is 37.8. The van der Waals surface area contributed by atoms with E-state index in [1.54, 1.807) is 0 Å². The molecule has 19 heavy (non-hydrogen) atoms. The van der Waals surface area contributed by atoms with Gasteiger partial charge in [0.1, 0.15) is 0 Å². The van der Waals surface area contributed by atoms with Gasteiger partial charge in [-0.05, 0) is 32.0 Å². The van der Waals surface area contributed by atoms with E-state index in [4.69, 9.17) is 5.73 Å². The van der Waals surface area contributed by atoms with Gasteiger partial charge in [0, 0.05) is 25.2 Å². The van der Waals surface area contributed by atoms with Crippen LogP contribution in [0.2, 0.25) is 0 Å². The number of nitrogens with two attached hydrogens (primary N) is 1. The number of piperazine rings is 1. The molecule has 3 nitrogen and oxygen atoms in total. The van der Waals surface area contributed by atoms with Crippen LogP contribution in [0.4, 0.5) is 24.5 Å². The van der Waals surface area contributed by atoms with E-state index in [1.807, 2.05) is 18.7 Å². The van der Waals surface area contributed by atoms with Gasteiger partial charge in [0.2, 0.25) is 0 Å². The van der Waals surface area contributed by atoms with Gasteiger partial charge in [-0.15, -0.1) is 0 Å². The molecule has 3 N–H and O–H groups in total. The Bertz CT molecular complexity index is 449. The minimum absolute atomic E-state index is 0.177. The predicted molar refractivity (Wildman–Crippen MR) is 70.1 cm³/mol. The number of anilines is 2. The summed E-state index contributed by atoms with van der Waals surface area (Å²) in [4.78, 5) is 2.03. The summed E-state index contributed by atoms with van der Waals surface area (Å²) in [5.41, 5.74) is 5.93. The third kappa shape index (κ3) is 3.12. The Hall–Kier alpha value is -1.43.